The molecule has 0 bridgehead atoms. The van der Waals surface area contributed by atoms with Crippen LogP contribution in [0.4, 0.5) is 10.1 Å². The largest absolute Gasteiger partial charge is 0.315 e. The highest BCUT2D eigenvalue weighted by molar-refractivity contribution is 7.93. The molecule has 0 spiro atoms. The third kappa shape index (κ3) is 4.12. The molecule has 3 aromatic rings. The molecule has 0 amide bonds. The fourth-order valence-corrected chi connectivity index (χ4v) is 6.02. The standard InChI is InChI=1S/C22H25ClFN5O2S/c1-22(2,3)29(32(30,31)16-7-5-4-6-8-16)20-12-19(24)18(23)11-17(20)21-27-26-14-28(21)15-9-10-25-13-15/h4-8,11-12,14-15,25H,9-10,13H2,1-3H3/t15-/m0/s1. The van der Waals surface area contributed by atoms with E-state index in [1.54, 1.807) is 45.3 Å². The smallest absolute Gasteiger partial charge is 0.264 e. The molecule has 7 nitrogen and oxygen atoms in total. The highest BCUT2D eigenvalue weighted by atomic mass is 35.5. The van der Waals surface area contributed by atoms with E-state index >= 15 is 0 Å². The van der Waals surface area contributed by atoms with Crippen LogP contribution in [0.25, 0.3) is 11.4 Å². The van der Waals surface area contributed by atoms with Crippen molar-refractivity contribution < 1.29 is 12.8 Å². The highest BCUT2D eigenvalue weighted by Crippen LogP contribution is 2.41. The van der Waals surface area contributed by atoms with Gasteiger partial charge in [-0.15, -0.1) is 10.2 Å². The Morgan fingerprint density at radius 3 is 2.56 bits per heavy atom. The summed E-state index contributed by atoms with van der Waals surface area (Å²) in [5.74, 6) is -0.273. The lowest BCUT2D eigenvalue weighted by molar-refractivity contribution is 0.533. The average Bonchev–Trinajstić information content (AvgIpc) is 3.41. The summed E-state index contributed by atoms with van der Waals surface area (Å²) in [4.78, 5) is 0.109. The lowest BCUT2D eigenvalue weighted by Crippen LogP contribution is -2.46. The zero-order valence-corrected chi connectivity index (χ0v) is 19.7. The summed E-state index contributed by atoms with van der Waals surface area (Å²) < 4.78 is 45.4. The minimum atomic E-state index is -4.03. The van der Waals surface area contributed by atoms with Crippen molar-refractivity contribution in [1.82, 2.24) is 20.1 Å². The van der Waals surface area contributed by atoms with Gasteiger partial charge in [0.1, 0.15) is 12.1 Å². The monoisotopic (exact) mass is 477 g/mol. The molecule has 170 valence electrons. The van der Waals surface area contributed by atoms with E-state index < -0.39 is 21.4 Å². The van der Waals surface area contributed by atoms with Crippen LogP contribution in [-0.4, -0.2) is 41.8 Å². The van der Waals surface area contributed by atoms with Crippen LogP contribution in [0.1, 0.15) is 33.2 Å². The van der Waals surface area contributed by atoms with Crippen molar-refractivity contribution in [2.24, 2.45) is 0 Å². The molecule has 1 N–H and O–H groups in total. The fourth-order valence-electron chi connectivity index (χ4n) is 4.01. The van der Waals surface area contributed by atoms with E-state index in [1.165, 1.54) is 22.5 Å². The molecule has 1 aromatic heterocycles. The topological polar surface area (TPSA) is 80.1 Å². The average molecular weight is 478 g/mol. The lowest BCUT2D eigenvalue weighted by atomic mass is 10.1. The summed E-state index contributed by atoms with van der Waals surface area (Å²) in [5, 5.41) is 11.5. The number of sulfonamides is 1. The minimum absolute atomic E-state index is 0.102. The van der Waals surface area contributed by atoms with Crippen molar-refractivity contribution >= 4 is 27.3 Å². The number of rotatable bonds is 5. The van der Waals surface area contributed by atoms with Gasteiger partial charge >= 0.3 is 0 Å². The van der Waals surface area contributed by atoms with E-state index in [-0.39, 0.29) is 21.6 Å². The van der Waals surface area contributed by atoms with Crippen LogP contribution in [0.2, 0.25) is 5.02 Å². The van der Waals surface area contributed by atoms with Crippen LogP contribution >= 0.6 is 11.6 Å². The van der Waals surface area contributed by atoms with Crippen LogP contribution in [0, 0.1) is 5.82 Å². The van der Waals surface area contributed by atoms with Crippen LogP contribution in [0.5, 0.6) is 0 Å². The number of hydrogen-bond acceptors (Lipinski definition) is 5. The molecule has 0 saturated carbocycles. The summed E-state index contributed by atoms with van der Waals surface area (Å²) in [6.45, 7) is 6.87. The minimum Gasteiger partial charge on any atom is -0.315 e. The van der Waals surface area contributed by atoms with Crippen molar-refractivity contribution in [3.63, 3.8) is 0 Å². The molecule has 2 aromatic carbocycles. The molecule has 10 heteroatoms. The van der Waals surface area contributed by atoms with E-state index in [1.807, 2.05) is 4.57 Å². The van der Waals surface area contributed by atoms with Gasteiger partial charge in [-0.25, -0.2) is 12.8 Å². The summed E-state index contributed by atoms with van der Waals surface area (Å²) in [6, 6.07) is 10.8. The first-order chi connectivity index (χ1) is 15.1. The van der Waals surface area contributed by atoms with E-state index in [4.69, 9.17) is 11.6 Å². The van der Waals surface area contributed by atoms with Crippen LogP contribution in [0.15, 0.2) is 53.7 Å². The maximum absolute atomic E-state index is 14.7. The first kappa shape index (κ1) is 22.7. The Bertz CT molecular complexity index is 1220. The molecule has 1 aliphatic rings. The number of benzene rings is 2. The van der Waals surface area contributed by atoms with Gasteiger partial charge in [0.05, 0.1) is 21.6 Å². The Labute approximate surface area is 192 Å². The van der Waals surface area contributed by atoms with Gasteiger partial charge in [-0.1, -0.05) is 29.8 Å². The Balaban J connectivity index is 1.96. The SMILES string of the molecule is CC(C)(C)N(c1cc(F)c(Cl)cc1-c1nncn1[C@H]1CCNC1)S(=O)(=O)c1ccccc1. The normalized spacial score (nSPS) is 17.0. The third-order valence-electron chi connectivity index (χ3n) is 5.39. The molecule has 1 saturated heterocycles. The maximum Gasteiger partial charge on any atom is 0.264 e. The second-order valence-electron chi connectivity index (χ2n) is 8.75. The van der Waals surface area contributed by atoms with E-state index in [0.29, 0.717) is 11.4 Å². The van der Waals surface area contributed by atoms with Gasteiger partial charge in [-0.2, -0.15) is 0 Å². The van der Waals surface area contributed by atoms with Crippen LogP contribution in [0.3, 0.4) is 0 Å². The molecular weight excluding hydrogens is 453 g/mol. The maximum atomic E-state index is 14.7. The quantitative estimate of drug-likeness (QED) is 0.593. The predicted octanol–water partition coefficient (Wildman–Crippen LogP) is 4.27. The number of nitrogens with one attached hydrogen (secondary N) is 1. The molecule has 0 aliphatic carbocycles. The first-order valence-corrected chi connectivity index (χ1v) is 12.1. The second-order valence-corrected chi connectivity index (χ2v) is 10.9. The molecule has 1 aliphatic heterocycles. The van der Waals surface area contributed by atoms with Crippen molar-refractivity contribution in [3.05, 3.63) is 59.6 Å². The Morgan fingerprint density at radius 1 is 1.22 bits per heavy atom. The highest BCUT2D eigenvalue weighted by Gasteiger charge is 2.37. The molecule has 32 heavy (non-hydrogen) atoms. The van der Waals surface area contributed by atoms with Gasteiger partial charge in [-0.05, 0) is 51.9 Å². The third-order valence-corrected chi connectivity index (χ3v) is 7.77. The second kappa shape index (κ2) is 8.46. The zero-order chi connectivity index (χ0) is 23.1. The van der Waals surface area contributed by atoms with Gasteiger partial charge in [0.15, 0.2) is 5.82 Å². The summed E-state index contributed by atoms with van der Waals surface area (Å²) in [5.41, 5.74) is -0.359. The van der Waals surface area contributed by atoms with Crippen LogP contribution in [-0.2, 0) is 10.0 Å². The number of hydrogen-bond donors (Lipinski definition) is 1. The Hall–Kier alpha value is -2.49. The van der Waals surface area contributed by atoms with Crippen molar-refractivity contribution in [2.75, 3.05) is 17.4 Å². The molecular formula is C22H25ClFN5O2S. The summed E-state index contributed by atoms with van der Waals surface area (Å²) >= 11 is 6.15. The fraction of sp³-hybridized carbons (Fsp3) is 0.364. The number of anilines is 1. The van der Waals surface area contributed by atoms with E-state index in [9.17, 15) is 12.8 Å². The van der Waals surface area contributed by atoms with E-state index in [2.05, 4.69) is 15.5 Å². The summed E-state index contributed by atoms with van der Waals surface area (Å²) in [6.07, 6.45) is 2.49. The van der Waals surface area contributed by atoms with Crippen molar-refractivity contribution in [3.8, 4) is 11.4 Å². The number of halogens is 2. The summed E-state index contributed by atoms with van der Waals surface area (Å²) in [7, 11) is -4.03. The van der Waals surface area contributed by atoms with Gasteiger partial charge < -0.3 is 9.88 Å². The van der Waals surface area contributed by atoms with Crippen LogP contribution < -0.4 is 9.62 Å². The Kier molecular flexibility index (Phi) is 6.00. The van der Waals surface area contributed by atoms with Gasteiger partial charge in [0, 0.05) is 23.7 Å². The van der Waals surface area contributed by atoms with Gasteiger partial charge in [-0.3, -0.25) is 4.31 Å². The Morgan fingerprint density at radius 2 is 1.94 bits per heavy atom. The number of aromatic nitrogens is 3. The van der Waals surface area contributed by atoms with Gasteiger partial charge in [0.25, 0.3) is 10.0 Å². The molecule has 1 atom stereocenters. The predicted molar refractivity (Wildman–Crippen MR) is 123 cm³/mol. The molecule has 2 heterocycles. The number of nitrogens with zero attached hydrogens (tertiary/aromatic N) is 4. The molecule has 4 rings (SSSR count). The molecule has 0 unspecified atom stereocenters. The molecule has 0 radical (unpaired) electrons. The van der Waals surface area contributed by atoms with Gasteiger partial charge in [0.2, 0.25) is 0 Å². The van der Waals surface area contributed by atoms with Crippen molar-refractivity contribution in [1.29, 1.82) is 0 Å². The first-order valence-electron chi connectivity index (χ1n) is 10.3. The lowest BCUT2D eigenvalue weighted by Gasteiger charge is -2.37. The zero-order valence-electron chi connectivity index (χ0n) is 18.1. The van der Waals surface area contributed by atoms with Crippen molar-refractivity contribution in [2.45, 2.75) is 43.7 Å². The van der Waals surface area contributed by atoms with E-state index in [0.717, 1.165) is 25.6 Å². The molecule has 1 fully saturated rings.